The Bertz CT molecular complexity index is 513. The highest BCUT2D eigenvalue weighted by Crippen LogP contribution is 2.28. The maximum atomic E-state index is 5.88. The van der Waals surface area contributed by atoms with Gasteiger partial charge >= 0.3 is 0 Å². The van der Waals surface area contributed by atoms with Gasteiger partial charge < -0.3 is 10.2 Å². The first-order valence-electron chi connectivity index (χ1n) is 4.87. The number of benzene rings is 1. The molecule has 0 amide bonds. The normalized spacial score (nSPS) is 12.3. The molecule has 1 aromatic carbocycles. The molecule has 1 heterocycles. The average Bonchev–Trinajstić information content (AvgIpc) is 2.46. The summed E-state index contributed by atoms with van der Waals surface area (Å²) in [5.41, 5.74) is 7.45. The van der Waals surface area contributed by atoms with E-state index in [0.717, 1.165) is 26.5 Å². The molecule has 1 aromatic heterocycles. The number of anilines is 1. The number of furan rings is 1. The molecule has 0 radical (unpaired) electrons. The summed E-state index contributed by atoms with van der Waals surface area (Å²) in [7, 11) is -1.39. The Kier molecular flexibility index (Phi) is 2.43. The van der Waals surface area contributed by atoms with Gasteiger partial charge in [0.05, 0.1) is 9.86 Å². The molecule has 0 aliphatic carbocycles. The van der Waals surface area contributed by atoms with Crippen LogP contribution in [0.1, 0.15) is 0 Å². The van der Waals surface area contributed by atoms with E-state index in [1.807, 2.05) is 12.1 Å². The lowest BCUT2D eigenvalue weighted by Gasteiger charge is -2.10. The molecule has 0 aliphatic rings. The van der Waals surface area contributed by atoms with E-state index in [2.05, 4.69) is 41.6 Å². The van der Waals surface area contributed by atoms with Crippen molar-refractivity contribution in [3.8, 4) is 0 Å². The van der Waals surface area contributed by atoms with E-state index in [9.17, 15) is 0 Å². The highest BCUT2D eigenvalue weighted by atomic mass is 79.9. The fourth-order valence-corrected chi connectivity index (χ4v) is 3.07. The van der Waals surface area contributed by atoms with Crippen LogP contribution in [0.4, 0.5) is 5.69 Å². The summed E-state index contributed by atoms with van der Waals surface area (Å²) < 4.78 is 6.81. The van der Waals surface area contributed by atoms with Crippen molar-refractivity contribution in [3.63, 3.8) is 0 Å². The fraction of sp³-hybridized carbons (Fsp3) is 0.273. The highest BCUT2D eigenvalue weighted by Gasteiger charge is 2.22. The molecule has 0 unspecified atom stereocenters. The second-order valence-electron chi connectivity index (χ2n) is 4.78. The third-order valence-electron chi connectivity index (χ3n) is 2.33. The summed E-state index contributed by atoms with van der Waals surface area (Å²) in [4.78, 5) is 0. The predicted molar refractivity (Wildman–Crippen MR) is 71.3 cm³/mol. The van der Waals surface area contributed by atoms with Crippen molar-refractivity contribution < 1.29 is 4.42 Å². The van der Waals surface area contributed by atoms with E-state index >= 15 is 0 Å². The standard InChI is InChI=1S/C11H14BrNOSi/c1-15(2,3)10-5-7-4-8(13)6-9(12)11(7)14-10/h4-6H,13H2,1-3H3. The molecule has 0 fully saturated rings. The first kappa shape index (κ1) is 10.8. The zero-order valence-corrected chi connectivity index (χ0v) is 11.7. The van der Waals surface area contributed by atoms with Gasteiger partial charge in [-0.3, -0.25) is 0 Å². The number of nitrogens with two attached hydrogens (primary N) is 1. The molecule has 2 aromatic rings. The van der Waals surface area contributed by atoms with Gasteiger partial charge in [0, 0.05) is 11.1 Å². The van der Waals surface area contributed by atoms with Crippen LogP contribution in [0.15, 0.2) is 27.1 Å². The molecular formula is C11H14BrNOSi. The third kappa shape index (κ3) is 1.96. The SMILES string of the molecule is C[Si](C)(C)c1cc2cc(N)cc(Br)c2o1. The van der Waals surface area contributed by atoms with Gasteiger partial charge in [0.2, 0.25) is 0 Å². The van der Waals surface area contributed by atoms with Crippen LogP contribution >= 0.6 is 15.9 Å². The van der Waals surface area contributed by atoms with Crippen LogP contribution in [0, 0.1) is 0 Å². The van der Waals surface area contributed by atoms with E-state index in [1.165, 1.54) is 0 Å². The summed E-state index contributed by atoms with van der Waals surface area (Å²) in [6.07, 6.45) is 0. The average molecular weight is 284 g/mol. The Labute approximate surface area is 98.6 Å². The van der Waals surface area contributed by atoms with Gasteiger partial charge in [-0.25, -0.2) is 0 Å². The zero-order valence-electron chi connectivity index (χ0n) is 9.10. The molecule has 15 heavy (non-hydrogen) atoms. The number of fused-ring (bicyclic) bond motifs is 1. The molecule has 80 valence electrons. The van der Waals surface area contributed by atoms with Crippen molar-refractivity contribution in [2.45, 2.75) is 19.6 Å². The summed E-state index contributed by atoms with van der Waals surface area (Å²) in [6, 6.07) is 5.94. The lowest BCUT2D eigenvalue weighted by Crippen LogP contribution is -2.36. The van der Waals surface area contributed by atoms with Crippen LogP contribution in [0.25, 0.3) is 11.0 Å². The Balaban J connectivity index is 2.71. The maximum absolute atomic E-state index is 5.88. The number of rotatable bonds is 1. The van der Waals surface area contributed by atoms with Crippen molar-refractivity contribution in [2.75, 3.05) is 5.73 Å². The van der Waals surface area contributed by atoms with Crippen LogP contribution < -0.4 is 11.1 Å². The molecule has 2 nitrogen and oxygen atoms in total. The van der Waals surface area contributed by atoms with Crippen LogP contribution in [-0.2, 0) is 0 Å². The Morgan fingerprint density at radius 3 is 2.47 bits per heavy atom. The summed E-state index contributed by atoms with van der Waals surface area (Å²) in [5.74, 6) is 0. The molecular weight excluding hydrogens is 270 g/mol. The van der Waals surface area contributed by atoms with Crippen LogP contribution in [0.5, 0.6) is 0 Å². The Morgan fingerprint density at radius 2 is 1.87 bits per heavy atom. The van der Waals surface area contributed by atoms with Gasteiger partial charge in [-0.2, -0.15) is 0 Å². The quantitative estimate of drug-likeness (QED) is 0.644. The molecule has 0 saturated heterocycles. The van der Waals surface area contributed by atoms with E-state index in [1.54, 1.807) is 0 Å². The minimum atomic E-state index is -1.39. The van der Waals surface area contributed by atoms with Crippen molar-refractivity contribution in [1.29, 1.82) is 0 Å². The second-order valence-corrected chi connectivity index (χ2v) is 10.6. The highest BCUT2D eigenvalue weighted by molar-refractivity contribution is 9.10. The van der Waals surface area contributed by atoms with E-state index in [4.69, 9.17) is 10.2 Å². The monoisotopic (exact) mass is 283 g/mol. The van der Waals surface area contributed by atoms with Gasteiger partial charge in [-0.15, -0.1) is 0 Å². The lowest BCUT2D eigenvalue weighted by atomic mass is 10.2. The van der Waals surface area contributed by atoms with Gasteiger partial charge in [0.25, 0.3) is 0 Å². The van der Waals surface area contributed by atoms with E-state index < -0.39 is 8.07 Å². The Morgan fingerprint density at radius 1 is 1.20 bits per heavy atom. The molecule has 0 spiro atoms. The van der Waals surface area contributed by atoms with Crippen molar-refractivity contribution in [1.82, 2.24) is 0 Å². The number of hydrogen-bond donors (Lipinski definition) is 1. The van der Waals surface area contributed by atoms with Gasteiger partial charge in [-0.05, 0) is 34.1 Å². The maximum Gasteiger partial charge on any atom is 0.147 e. The van der Waals surface area contributed by atoms with Crippen LogP contribution in [0.2, 0.25) is 19.6 Å². The molecule has 0 atom stereocenters. The smallest absolute Gasteiger partial charge is 0.147 e. The van der Waals surface area contributed by atoms with Crippen LogP contribution in [-0.4, -0.2) is 8.07 Å². The summed E-state index contributed by atoms with van der Waals surface area (Å²) >= 11 is 3.47. The van der Waals surface area contributed by atoms with Crippen molar-refractivity contribution in [3.05, 3.63) is 22.7 Å². The number of hydrogen-bond acceptors (Lipinski definition) is 2. The van der Waals surface area contributed by atoms with Gasteiger partial charge in [0.15, 0.2) is 0 Å². The number of nitrogen functional groups attached to an aromatic ring is 1. The van der Waals surface area contributed by atoms with E-state index in [0.29, 0.717) is 0 Å². The molecule has 0 saturated carbocycles. The topological polar surface area (TPSA) is 39.2 Å². The van der Waals surface area contributed by atoms with Gasteiger partial charge in [-0.1, -0.05) is 19.6 Å². The minimum absolute atomic E-state index is 0.761. The summed E-state index contributed by atoms with van der Waals surface area (Å²) in [6.45, 7) is 6.80. The zero-order chi connectivity index (χ0) is 11.2. The Hall–Kier alpha value is -0.743. The van der Waals surface area contributed by atoms with Crippen molar-refractivity contribution in [2.24, 2.45) is 0 Å². The molecule has 2 N–H and O–H groups in total. The molecule has 0 bridgehead atoms. The second kappa shape index (κ2) is 3.38. The van der Waals surface area contributed by atoms with Gasteiger partial charge in [0.1, 0.15) is 13.7 Å². The van der Waals surface area contributed by atoms with Crippen molar-refractivity contribution >= 4 is 46.0 Å². The predicted octanol–water partition coefficient (Wildman–Crippen LogP) is 3.32. The fourth-order valence-electron chi connectivity index (χ4n) is 1.50. The first-order chi connectivity index (χ1) is 6.88. The minimum Gasteiger partial charge on any atom is -0.465 e. The van der Waals surface area contributed by atoms with E-state index in [-0.39, 0.29) is 0 Å². The molecule has 2 rings (SSSR count). The first-order valence-corrected chi connectivity index (χ1v) is 9.16. The third-order valence-corrected chi connectivity index (χ3v) is 4.65. The van der Waals surface area contributed by atoms with Crippen LogP contribution in [0.3, 0.4) is 0 Å². The number of halogens is 1. The molecule has 4 heteroatoms. The molecule has 0 aliphatic heterocycles. The lowest BCUT2D eigenvalue weighted by molar-refractivity contribution is 0.646. The largest absolute Gasteiger partial charge is 0.465 e. The summed E-state index contributed by atoms with van der Waals surface area (Å²) in [5, 5.41) is 2.20.